The molecule has 0 spiro atoms. The highest BCUT2D eigenvalue weighted by atomic mass is 16.2. The quantitative estimate of drug-likeness (QED) is 0.797. The molecule has 1 aromatic rings. The van der Waals surface area contributed by atoms with Crippen molar-refractivity contribution in [3.63, 3.8) is 0 Å². The van der Waals surface area contributed by atoms with Crippen LogP contribution in [0.15, 0.2) is 12.4 Å². The third-order valence-electron chi connectivity index (χ3n) is 2.02. The summed E-state index contributed by atoms with van der Waals surface area (Å²) in [7, 11) is 3.34. The van der Waals surface area contributed by atoms with E-state index in [9.17, 15) is 4.79 Å². The zero-order valence-corrected chi connectivity index (χ0v) is 9.27. The van der Waals surface area contributed by atoms with Gasteiger partial charge in [-0.3, -0.25) is 9.78 Å². The molecule has 1 amide bonds. The topological polar surface area (TPSA) is 81.9 Å². The Morgan fingerprint density at radius 2 is 2.38 bits per heavy atom. The molecule has 6 nitrogen and oxygen atoms in total. The van der Waals surface area contributed by atoms with Crippen LogP contribution in [0.25, 0.3) is 0 Å². The molecule has 1 N–H and O–H groups in total. The fraction of sp³-hybridized carbons (Fsp3) is 0.400. The molecule has 0 atom stereocenters. The lowest BCUT2D eigenvalue weighted by molar-refractivity contribution is 0.0792. The average molecular weight is 219 g/mol. The van der Waals surface area contributed by atoms with Gasteiger partial charge in [0.25, 0.3) is 5.91 Å². The fourth-order valence-corrected chi connectivity index (χ4v) is 1.10. The van der Waals surface area contributed by atoms with Crippen molar-refractivity contribution < 1.29 is 4.79 Å². The Kier molecular flexibility index (Phi) is 4.21. The van der Waals surface area contributed by atoms with E-state index in [0.717, 1.165) is 0 Å². The SMILES string of the molecule is CNc1cncc(C(=O)N(C)CCC#N)n1. The largest absolute Gasteiger partial charge is 0.372 e. The van der Waals surface area contributed by atoms with Crippen LogP contribution in [0.4, 0.5) is 5.82 Å². The molecule has 0 aliphatic heterocycles. The first-order chi connectivity index (χ1) is 7.69. The first-order valence-corrected chi connectivity index (χ1v) is 4.81. The first kappa shape index (κ1) is 11.9. The van der Waals surface area contributed by atoms with E-state index in [1.165, 1.54) is 17.3 Å². The number of carbonyl (C=O) groups is 1. The summed E-state index contributed by atoms with van der Waals surface area (Å²) in [5, 5.41) is 11.2. The molecule has 1 heterocycles. The van der Waals surface area contributed by atoms with E-state index in [-0.39, 0.29) is 11.6 Å². The molecule has 0 unspecified atom stereocenters. The van der Waals surface area contributed by atoms with Crippen LogP contribution in [0.2, 0.25) is 0 Å². The first-order valence-electron chi connectivity index (χ1n) is 4.81. The molecule has 0 aliphatic carbocycles. The van der Waals surface area contributed by atoms with Gasteiger partial charge in [0.1, 0.15) is 11.5 Å². The Labute approximate surface area is 93.9 Å². The third kappa shape index (κ3) is 2.92. The predicted octanol–water partition coefficient (Wildman–Crippen LogP) is 0.504. The van der Waals surface area contributed by atoms with E-state index >= 15 is 0 Å². The Morgan fingerprint density at radius 1 is 1.62 bits per heavy atom. The second-order valence-electron chi connectivity index (χ2n) is 3.17. The summed E-state index contributed by atoms with van der Waals surface area (Å²) in [5.74, 6) is 0.305. The Bertz CT molecular complexity index is 412. The van der Waals surface area contributed by atoms with Gasteiger partial charge < -0.3 is 10.2 Å². The molecule has 0 aromatic carbocycles. The van der Waals surface area contributed by atoms with Gasteiger partial charge in [0.15, 0.2) is 0 Å². The van der Waals surface area contributed by atoms with Crippen LogP contribution >= 0.6 is 0 Å². The molecule has 6 heteroatoms. The number of carbonyl (C=O) groups excluding carboxylic acids is 1. The van der Waals surface area contributed by atoms with Crippen molar-refractivity contribution >= 4 is 11.7 Å². The van der Waals surface area contributed by atoms with Crippen LogP contribution in [0.1, 0.15) is 16.9 Å². The smallest absolute Gasteiger partial charge is 0.273 e. The van der Waals surface area contributed by atoms with E-state index < -0.39 is 0 Å². The van der Waals surface area contributed by atoms with Gasteiger partial charge in [-0.05, 0) is 0 Å². The van der Waals surface area contributed by atoms with E-state index in [1.54, 1.807) is 14.1 Å². The summed E-state index contributed by atoms with van der Waals surface area (Å²) in [5.41, 5.74) is 0.271. The van der Waals surface area contributed by atoms with Gasteiger partial charge in [0.05, 0.1) is 24.9 Å². The van der Waals surface area contributed by atoms with Crippen molar-refractivity contribution in [3.8, 4) is 6.07 Å². The van der Waals surface area contributed by atoms with E-state index in [2.05, 4.69) is 15.3 Å². The maximum Gasteiger partial charge on any atom is 0.273 e. The predicted molar refractivity (Wildman–Crippen MR) is 58.8 cm³/mol. The average Bonchev–Trinajstić information content (AvgIpc) is 2.35. The lowest BCUT2D eigenvalue weighted by atomic mass is 10.3. The van der Waals surface area contributed by atoms with Crippen molar-refractivity contribution in [2.24, 2.45) is 0 Å². The number of amides is 1. The number of hydrogen-bond acceptors (Lipinski definition) is 5. The van der Waals surface area contributed by atoms with Crippen molar-refractivity contribution in [3.05, 3.63) is 18.1 Å². The highest BCUT2D eigenvalue weighted by molar-refractivity contribution is 5.92. The highest BCUT2D eigenvalue weighted by Crippen LogP contribution is 2.04. The van der Waals surface area contributed by atoms with Crippen molar-refractivity contribution in [1.82, 2.24) is 14.9 Å². The summed E-state index contributed by atoms with van der Waals surface area (Å²) < 4.78 is 0. The lowest BCUT2D eigenvalue weighted by Gasteiger charge is -2.14. The summed E-state index contributed by atoms with van der Waals surface area (Å²) in [6.45, 7) is 0.390. The van der Waals surface area contributed by atoms with Crippen LogP contribution < -0.4 is 5.32 Å². The van der Waals surface area contributed by atoms with Gasteiger partial charge in [0.2, 0.25) is 0 Å². The van der Waals surface area contributed by atoms with Gasteiger partial charge in [-0.1, -0.05) is 0 Å². The van der Waals surface area contributed by atoms with Crippen molar-refractivity contribution in [1.29, 1.82) is 5.26 Å². The van der Waals surface area contributed by atoms with Gasteiger partial charge in [-0.25, -0.2) is 4.98 Å². The van der Waals surface area contributed by atoms with Crippen LogP contribution in [-0.4, -0.2) is 41.4 Å². The number of nitriles is 1. The molecule has 0 radical (unpaired) electrons. The van der Waals surface area contributed by atoms with Crippen molar-refractivity contribution in [2.45, 2.75) is 6.42 Å². The molecule has 16 heavy (non-hydrogen) atoms. The molecular weight excluding hydrogens is 206 g/mol. The second kappa shape index (κ2) is 5.66. The van der Waals surface area contributed by atoms with Gasteiger partial charge in [0, 0.05) is 20.6 Å². The molecule has 0 saturated carbocycles. The molecule has 0 saturated heterocycles. The summed E-state index contributed by atoms with van der Waals surface area (Å²) in [4.78, 5) is 21.2. The Balaban J connectivity index is 2.76. The molecular formula is C10H13N5O. The molecule has 1 aromatic heterocycles. The number of hydrogen-bond donors (Lipinski definition) is 1. The van der Waals surface area contributed by atoms with Crippen LogP contribution in [0.5, 0.6) is 0 Å². The summed E-state index contributed by atoms with van der Waals surface area (Å²) >= 11 is 0. The van der Waals surface area contributed by atoms with Gasteiger partial charge in [-0.2, -0.15) is 5.26 Å². The molecule has 0 bridgehead atoms. The van der Waals surface area contributed by atoms with E-state index in [1.807, 2.05) is 6.07 Å². The minimum atomic E-state index is -0.236. The zero-order chi connectivity index (χ0) is 12.0. The van der Waals surface area contributed by atoms with Crippen molar-refractivity contribution in [2.75, 3.05) is 26.0 Å². The maximum absolute atomic E-state index is 11.8. The number of aromatic nitrogens is 2. The van der Waals surface area contributed by atoms with Gasteiger partial charge in [-0.15, -0.1) is 0 Å². The standard InChI is InChI=1S/C10H13N5O/c1-12-9-7-13-6-8(14-9)10(16)15(2)5-3-4-11/h6-7H,3,5H2,1-2H3,(H,12,14). The third-order valence-corrected chi connectivity index (χ3v) is 2.02. The van der Waals surface area contributed by atoms with E-state index in [0.29, 0.717) is 18.8 Å². The van der Waals surface area contributed by atoms with Crippen LogP contribution in [0.3, 0.4) is 0 Å². The molecule has 0 fully saturated rings. The number of rotatable bonds is 4. The van der Waals surface area contributed by atoms with Gasteiger partial charge >= 0.3 is 0 Å². The van der Waals surface area contributed by atoms with E-state index in [4.69, 9.17) is 5.26 Å². The normalized spacial score (nSPS) is 9.31. The second-order valence-corrected chi connectivity index (χ2v) is 3.17. The highest BCUT2D eigenvalue weighted by Gasteiger charge is 2.13. The molecule has 1 rings (SSSR count). The molecule has 0 aliphatic rings. The minimum absolute atomic E-state index is 0.236. The Morgan fingerprint density at radius 3 is 3.00 bits per heavy atom. The maximum atomic E-state index is 11.8. The van der Waals surface area contributed by atoms with Crippen LogP contribution in [0, 0.1) is 11.3 Å². The number of nitrogens with zero attached hydrogens (tertiary/aromatic N) is 4. The lowest BCUT2D eigenvalue weighted by Crippen LogP contribution is -2.28. The number of nitrogens with one attached hydrogen (secondary N) is 1. The summed E-state index contributed by atoms with van der Waals surface area (Å²) in [6.07, 6.45) is 3.25. The van der Waals surface area contributed by atoms with Crippen LogP contribution in [-0.2, 0) is 0 Å². The zero-order valence-electron chi connectivity index (χ0n) is 9.27. The molecule has 84 valence electrons. The number of anilines is 1. The minimum Gasteiger partial charge on any atom is -0.372 e. The Hall–Kier alpha value is -2.16. The monoisotopic (exact) mass is 219 g/mol. The fourth-order valence-electron chi connectivity index (χ4n) is 1.10. The summed E-state index contributed by atoms with van der Waals surface area (Å²) in [6, 6.07) is 1.99.